The first-order valence-electron chi connectivity index (χ1n) is 8.12. The highest BCUT2D eigenvalue weighted by Gasteiger charge is 2.42. The van der Waals surface area contributed by atoms with Crippen LogP contribution < -0.4 is 0 Å². The molecule has 0 aromatic rings. The van der Waals surface area contributed by atoms with Crippen molar-refractivity contribution < 1.29 is 19.5 Å². The molecule has 2 rings (SSSR count). The molecule has 0 bridgehead atoms. The van der Waals surface area contributed by atoms with Crippen molar-refractivity contribution in [2.75, 3.05) is 19.6 Å². The van der Waals surface area contributed by atoms with E-state index in [9.17, 15) is 14.4 Å². The van der Waals surface area contributed by atoms with Gasteiger partial charge in [-0.25, -0.2) is 0 Å². The summed E-state index contributed by atoms with van der Waals surface area (Å²) in [6.45, 7) is 4.51. The first kappa shape index (κ1) is 16.8. The number of likely N-dealkylation sites (tertiary alicyclic amines) is 1. The van der Waals surface area contributed by atoms with E-state index in [0.29, 0.717) is 19.5 Å². The van der Waals surface area contributed by atoms with E-state index in [0.717, 1.165) is 32.1 Å². The summed E-state index contributed by atoms with van der Waals surface area (Å²) < 4.78 is 0. The summed E-state index contributed by atoms with van der Waals surface area (Å²) in [6.07, 6.45) is 5.28. The Morgan fingerprint density at radius 2 is 1.86 bits per heavy atom. The van der Waals surface area contributed by atoms with Gasteiger partial charge >= 0.3 is 5.97 Å². The predicted molar refractivity (Wildman–Crippen MR) is 81.2 cm³/mol. The van der Waals surface area contributed by atoms with Crippen molar-refractivity contribution in [3.05, 3.63) is 0 Å². The van der Waals surface area contributed by atoms with Gasteiger partial charge in [-0.2, -0.15) is 0 Å². The number of carbonyl (C=O) groups is 3. The van der Waals surface area contributed by atoms with Crippen LogP contribution in [0.25, 0.3) is 0 Å². The van der Waals surface area contributed by atoms with Crippen LogP contribution in [-0.2, 0) is 14.4 Å². The van der Waals surface area contributed by atoms with Gasteiger partial charge in [-0.3, -0.25) is 14.4 Å². The maximum Gasteiger partial charge on any atom is 0.323 e. The molecule has 124 valence electrons. The number of aliphatic carboxylic acids is 1. The van der Waals surface area contributed by atoms with Gasteiger partial charge in [0.05, 0.1) is 0 Å². The van der Waals surface area contributed by atoms with E-state index < -0.39 is 5.97 Å². The molecule has 0 spiro atoms. The molecule has 0 aromatic heterocycles. The van der Waals surface area contributed by atoms with Crippen molar-refractivity contribution in [3.8, 4) is 0 Å². The van der Waals surface area contributed by atoms with Crippen LogP contribution in [0.5, 0.6) is 0 Å². The van der Waals surface area contributed by atoms with Gasteiger partial charge in [0.15, 0.2) is 0 Å². The summed E-state index contributed by atoms with van der Waals surface area (Å²) >= 11 is 0. The summed E-state index contributed by atoms with van der Waals surface area (Å²) in [5, 5.41) is 8.96. The Hall–Kier alpha value is -1.59. The Balaban J connectivity index is 1.97. The minimum absolute atomic E-state index is 0.0828. The van der Waals surface area contributed by atoms with Gasteiger partial charge in [0, 0.05) is 31.5 Å². The largest absolute Gasteiger partial charge is 0.480 e. The first-order chi connectivity index (χ1) is 10.3. The van der Waals surface area contributed by atoms with E-state index in [1.165, 1.54) is 11.8 Å². The molecule has 1 unspecified atom stereocenters. The van der Waals surface area contributed by atoms with Crippen LogP contribution in [-0.4, -0.2) is 58.4 Å². The number of hydrogen-bond acceptors (Lipinski definition) is 3. The Kier molecular flexibility index (Phi) is 5.08. The van der Waals surface area contributed by atoms with E-state index in [2.05, 4.69) is 0 Å². The monoisotopic (exact) mass is 310 g/mol. The third-order valence-electron chi connectivity index (χ3n) is 5.11. The number of nitrogens with zero attached hydrogens (tertiary/aromatic N) is 2. The van der Waals surface area contributed by atoms with E-state index in [4.69, 9.17) is 5.11 Å². The number of rotatable bonds is 4. The molecule has 1 N–H and O–H groups in total. The van der Waals surface area contributed by atoms with Gasteiger partial charge in [0.25, 0.3) is 0 Å². The average Bonchev–Trinajstić information content (AvgIpc) is 2.66. The van der Waals surface area contributed by atoms with Gasteiger partial charge in [-0.05, 0) is 32.1 Å². The molecule has 6 nitrogen and oxygen atoms in total. The quantitative estimate of drug-likeness (QED) is 0.853. The van der Waals surface area contributed by atoms with Gasteiger partial charge in [0.1, 0.15) is 6.54 Å². The van der Waals surface area contributed by atoms with Crippen molar-refractivity contribution >= 4 is 17.8 Å². The summed E-state index contributed by atoms with van der Waals surface area (Å²) in [6, 6.07) is -0.0828. The number of amides is 2. The Labute approximate surface area is 131 Å². The molecule has 22 heavy (non-hydrogen) atoms. The molecule has 1 saturated carbocycles. The normalized spacial score (nSPS) is 24.1. The second-order valence-electron chi connectivity index (χ2n) is 6.83. The molecule has 0 aromatic carbocycles. The van der Waals surface area contributed by atoms with Gasteiger partial charge < -0.3 is 14.9 Å². The maximum atomic E-state index is 12.6. The third-order valence-corrected chi connectivity index (χ3v) is 5.11. The van der Waals surface area contributed by atoms with Crippen LogP contribution in [0.15, 0.2) is 0 Å². The topological polar surface area (TPSA) is 77.9 Å². The van der Waals surface area contributed by atoms with Crippen molar-refractivity contribution in [2.45, 2.75) is 58.4 Å². The summed E-state index contributed by atoms with van der Waals surface area (Å²) in [5.74, 6) is -0.973. The number of carboxylic acids is 1. The highest BCUT2D eigenvalue weighted by atomic mass is 16.4. The van der Waals surface area contributed by atoms with E-state index >= 15 is 0 Å². The molecular formula is C16H26N2O4. The number of hydrogen-bond donors (Lipinski definition) is 1. The predicted octanol–water partition coefficient (Wildman–Crippen LogP) is 1.49. The fourth-order valence-corrected chi connectivity index (χ4v) is 3.54. The average molecular weight is 310 g/mol. The summed E-state index contributed by atoms with van der Waals surface area (Å²) in [4.78, 5) is 38.6. The molecule has 1 saturated heterocycles. The van der Waals surface area contributed by atoms with E-state index in [-0.39, 0.29) is 29.8 Å². The SMILES string of the molecule is CC(=O)N(CC(=O)O)C1CCCN(C(=O)C2(C)CCC2)CC1. The number of carboxylic acid groups (broad SMARTS) is 1. The first-order valence-corrected chi connectivity index (χ1v) is 8.12. The zero-order chi connectivity index (χ0) is 16.3. The van der Waals surface area contributed by atoms with Gasteiger partial charge in [-0.15, -0.1) is 0 Å². The van der Waals surface area contributed by atoms with Crippen LogP contribution in [0.1, 0.15) is 52.4 Å². The third kappa shape index (κ3) is 3.59. The standard InChI is InChI=1S/C16H26N2O4/c1-12(19)18(11-14(20)21)13-5-3-9-17(10-6-13)15(22)16(2)7-4-8-16/h13H,3-11H2,1-2H3,(H,20,21). The highest BCUT2D eigenvalue weighted by Crippen LogP contribution is 2.42. The Morgan fingerprint density at radius 3 is 2.36 bits per heavy atom. The molecule has 2 aliphatic rings. The van der Waals surface area contributed by atoms with Crippen LogP contribution in [0, 0.1) is 5.41 Å². The smallest absolute Gasteiger partial charge is 0.323 e. The van der Waals surface area contributed by atoms with Crippen molar-refractivity contribution in [3.63, 3.8) is 0 Å². The van der Waals surface area contributed by atoms with Crippen molar-refractivity contribution in [2.24, 2.45) is 5.41 Å². The zero-order valence-electron chi connectivity index (χ0n) is 13.5. The zero-order valence-corrected chi connectivity index (χ0v) is 13.5. The second kappa shape index (κ2) is 6.67. The van der Waals surface area contributed by atoms with E-state index in [1.54, 1.807) is 0 Å². The lowest BCUT2D eigenvalue weighted by atomic mass is 9.69. The maximum absolute atomic E-state index is 12.6. The molecule has 2 fully saturated rings. The lowest BCUT2D eigenvalue weighted by Gasteiger charge is -2.40. The van der Waals surface area contributed by atoms with Crippen molar-refractivity contribution in [1.29, 1.82) is 0 Å². The van der Waals surface area contributed by atoms with Crippen molar-refractivity contribution in [1.82, 2.24) is 9.80 Å². The van der Waals surface area contributed by atoms with Crippen LogP contribution in [0.4, 0.5) is 0 Å². The lowest BCUT2D eigenvalue weighted by molar-refractivity contribution is -0.146. The minimum Gasteiger partial charge on any atom is -0.480 e. The lowest BCUT2D eigenvalue weighted by Crippen LogP contribution is -2.47. The number of carbonyl (C=O) groups excluding carboxylic acids is 2. The molecule has 1 aliphatic heterocycles. The molecule has 6 heteroatoms. The van der Waals surface area contributed by atoms with Crippen LogP contribution >= 0.6 is 0 Å². The molecular weight excluding hydrogens is 284 g/mol. The highest BCUT2D eigenvalue weighted by molar-refractivity contribution is 5.83. The second-order valence-corrected chi connectivity index (χ2v) is 6.83. The van der Waals surface area contributed by atoms with Crippen LogP contribution in [0.3, 0.4) is 0 Å². The summed E-state index contributed by atoms with van der Waals surface area (Å²) in [7, 11) is 0. The Morgan fingerprint density at radius 1 is 1.18 bits per heavy atom. The fourth-order valence-electron chi connectivity index (χ4n) is 3.54. The fraction of sp³-hybridized carbons (Fsp3) is 0.812. The molecule has 1 atom stereocenters. The molecule has 2 amide bonds. The van der Waals surface area contributed by atoms with Crippen LogP contribution in [0.2, 0.25) is 0 Å². The van der Waals surface area contributed by atoms with E-state index in [1.807, 2.05) is 11.8 Å². The van der Waals surface area contributed by atoms with Gasteiger partial charge in [-0.1, -0.05) is 13.3 Å². The minimum atomic E-state index is -0.991. The Bertz CT molecular complexity index is 459. The molecule has 1 heterocycles. The molecule has 1 aliphatic carbocycles. The molecule has 0 radical (unpaired) electrons. The summed E-state index contributed by atoms with van der Waals surface area (Å²) in [5.41, 5.74) is -0.193. The van der Waals surface area contributed by atoms with Gasteiger partial charge in [0.2, 0.25) is 11.8 Å².